The van der Waals surface area contributed by atoms with Crippen molar-refractivity contribution in [3.63, 3.8) is 0 Å². The highest BCUT2D eigenvalue weighted by molar-refractivity contribution is 5.83. The highest BCUT2D eigenvalue weighted by atomic mass is 16.2. The van der Waals surface area contributed by atoms with Crippen molar-refractivity contribution < 1.29 is 4.79 Å². The molecule has 7 rings (SSSR count). The zero-order chi connectivity index (χ0) is 15.9. The van der Waals surface area contributed by atoms with Crippen molar-refractivity contribution in [2.24, 2.45) is 23.2 Å². The standard InChI is InChI=1S/C21H32N2O/c24-20(21-10-13-5-14(11-21)7-15(6-13)12-21)22-16-8-18-3-4-19(9-16)23(18)17-1-2-17/h13-19H,1-12H2,(H,22,24). The number of carbonyl (C=O) groups excluding carboxylic acids is 1. The highest BCUT2D eigenvalue weighted by Gasteiger charge is 2.55. The van der Waals surface area contributed by atoms with Crippen LogP contribution >= 0.6 is 0 Å². The van der Waals surface area contributed by atoms with Gasteiger partial charge >= 0.3 is 0 Å². The smallest absolute Gasteiger partial charge is 0.226 e. The lowest BCUT2D eigenvalue weighted by atomic mass is 9.49. The summed E-state index contributed by atoms with van der Waals surface area (Å²) in [7, 11) is 0. The van der Waals surface area contributed by atoms with Crippen molar-refractivity contribution in [1.82, 2.24) is 10.2 Å². The quantitative estimate of drug-likeness (QED) is 0.860. The minimum Gasteiger partial charge on any atom is -0.353 e. The third-order valence-corrected chi connectivity index (χ3v) is 8.61. The lowest BCUT2D eigenvalue weighted by molar-refractivity contribution is -0.147. The number of nitrogens with one attached hydrogen (secondary N) is 1. The van der Waals surface area contributed by atoms with Gasteiger partial charge in [0.05, 0.1) is 0 Å². The van der Waals surface area contributed by atoms with Crippen LogP contribution in [-0.4, -0.2) is 35.0 Å². The second kappa shape index (κ2) is 4.99. The maximum Gasteiger partial charge on any atom is 0.226 e. The Morgan fingerprint density at radius 1 is 0.750 bits per heavy atom. The monoisotopic (exact) mass is 328 g/mol. The minimum atomic E-state index is 0.0431. The van der Waals surface area contributed by atoms with Gasteiger partial charge in [0, 0.05) is 29.6 Å². The van der Waals surface area contributed by atoms with Crippen LogP contribution in [0.25, 0.3) is 0 Å². The van der Waals surface area contributed by atoms with Gasteiger partial charge in [-0.1, -0.05) is 0 Å². The Bertz CT molecular complexity index is 505. The van der Waals surface area contributed by atoms with Crippen molar-refractivity contribution >= 4 is 5.91 Å². The Morgan fingerprint density at radius 2 is 1.25 bits per heavy atom. The summed E-state index contributed by atoms with van der Waals surface area (Å²) >= 11 is 0. The van der Waals surface area contributed by atoms with Gasteiger partial charge in [-0.2, -0.15) is 0 Å². The van der Waals surface area contributed by atoms with Crippen LogP contribution in [0.4, 0.5) is 0 Å². The molecule has 7 aliphatic rings. The molecule has 3 nitrogen and oxygen atoms in total. The van der Waals surface area contributed by atoms with Gasteiger partial charge in [-0.25, -0.2) is 0 Å². The number of fused-ring (bicyclic) bond motifs is 2. The highest BCUT2D eigenvalue weighted by Crippen LogP contribution is 2.60. The van der Waals surface area contributed by atoms with Gasteiger partial charge in [0.15, 0.2) is 0 Å². The number of nitrogens with zero attached hydrogens (tertiary/aromatic N) is 1. The normalized spacial score (nSPS) is 52.7. The first-order valence-corrected chi connectivity index (χ1v) is 10.8. The number of piperidine rings is 1. The second-order valence-electron chi connectivity index (χ2n) is 10.4. The average Bonchev–Trinajstić information content (AvgIpc) is 3.32. The first-order chi connectivity index (χ1) is 11.7. The largest absolute Gasteiger partial charge is 0.353 e. The molecule has 6 bridgehead atoms. The Kier molecular flexibility index (Phi) is 3.03. The average molecular weight is 329 g/mol. The summed E-state index contributed by atoms with van der Waals surface area (Å²) in [5, 5.41) is 3.59. The van der Waals surface area contributed by atoms with Crippen LogP contribution in [0.1, 0.15) is 77.0 Å². The molecule has 0 radical (unpaired) electrons. The maximum absolute atomic E-state index is 13.3. The molecule has 7 fully saturated rings. The Hall–Kier alpha value is -0.570. The fraction of sp³-hybridized carbons (Fsp3) is 0.952. The topological polar surface area (TPSA) is 32.3 Å². The van der Waals surface area contributed by atoms with Crippen LogP contribution in [0.2, 0.25) is 0 Å². The van der Waals surface area contributed by atoms with Crippen molar-refractivity contribution in [3.05, 3.63) is 0 Å². The van der Waals surface area contributed by atoms with E-state index in [1.807, 2.05) is 0 Å². The molecule has 2 aliphatic heterocycles. The molecule has 24 heavy (non-hydrogen) atoms. The van der Waals surface area contributed by atoms with Crippen LogP contribution in [0.3, 0.4) is 0 Å². The van der Waals surface area contributed by atoms with E-state index in [1.54, 1.807) is 0 Å². The van der Waals surface area contributed by atoms with E-state index in [0.717, 1.165) is 35.9 Å². The third-order valence-electron chi connectivity index (χ3n) is 8.61. The van der Waals surface area contributed by atoms with E-state index in [-0.39, 0.29) is 5.41 Å². The molecular weight excluding hydrogens is 296 g/mol. The zero-order valence-corrected chi connectivity index (χ0v) is 14.9. The molecule has 0 aromatic heterocycles. The van der Waals surface area contributed by atoms with E-state index in [1.165, 1.54) is 77.0 Å². The molecule has 0 aromatic carbocycles. The molecule has 132 valence electrons. The molecule has 5 saturated carbocycles. The van der Waals surface area contributed by atoms with Crippen molar-refractivity contribution in [2.45, 2.75) is 101 Å². The van der Waals surface area contributed by atoms with Crippen molar-refractivity contribution in [2.75, 3.05) is 0 Å². The number of rotatable bonds is 3. The SMILES string of the molecule is O=C(NC1CC2CCC(C1)N2C1CC1)C12CC3CC(CC(C3)C1)C2. The van der Waals surface area contributed by atoms with Gasteiger partial charge in [-0.3, -0.25) is 9.69 Å². The number of amides is 1. The van der Waals surface area contributed by atoms with E-state index in [0.29, 0.717) is 11.9 Å². The summed E-state index contributed by atoms with van der Waals surface area (Å²) in [6, 6.07) is 2.93. The Balaban J connectivity index is 1.15. The number of carbonyl (C=O) groups is 1. The van der Waals surface area contributed by atoms with Crippen LogP contribution in [0.5, 0.6) is 0 Å². The summed E-state index contributed by atoms with van der Waals surface area (Å²) in [5.41, 5.74) is 0.0431. The van der Waals surface area contributed by atoms with Gasteiger partial charge in [0.25, 0.3) is 0 Å². The van der Waals surface area contributed by atoms with E-state index in [2.05, 4.69) is 10.2 Å². The van der Waals surface area contributed by atoms with E-state index in [4.69, 9.17) is 0 Å². The zero-order valence-electron chi connectivity index (χ0n) is 14.9. The number of hydrogen-bond acceptors (Lipinski definition) is 2. The van der Waals surface area contributed by atoms with Crippen LogP contribution < -0.4 is 5.32 Å². The lowest BCUT2D eigenvalue weighted by Gasteiger charge is -2.56. The van der Waals surface area contributed by atoms with Gasteiger partial charge in [-0.15, -0.1) is 0 Å². The third kappa shape index (κ3) is 2.15. The molecule has 3 heteroatoms. The maximum atomic E-state index is 13.3. The van der Waals surface area contributed by atoms with Gasteiger partial charge in [-0.05, 0) is 94.8 Å². The summed E-state index contributed by atoms with van der Waals surface area (Å²) in [6.45, 7) is 0. The first-order valence-electron chi connectivity index (χ1n) is 10.8. The van der Waals surface area contributed by atoms with Crippen LogP contribution in [-0.2, 0) is 4.79 Å². The molecule has 1 N–H and O–H groups in total. The molecule has 2 atom stereocenters. The summed E-state index contributed by atoms with van der Waals surface area (Å²) < 4.78 is 0. The van der Waals surface area contributed by atoms with Gasteiger partial charge in [0.1, 0.15) is 0 Å². The van der Waals surface area contributed by atoms with Crippen molar-refractivity contribution in [1.29, 1.82) is 0 Å². The summed E-state index contributed by atoms with van der Waals surface area (Å²) in [4.78, 5) is 16.1. The summed E-state index contributed by atoms with van der Waals surface area (Å²) in [6.07, 6.45) is 16.0. The Labute approximate surface area is 145 Å². The molecule has 2 heterocycles. The molecule has 5 aliphatic carbocycles. The molecular formula is C21H32N2O. The second-order valence-corrected chi connectivity index (χ2v) is 10.4. The fourth-order valence-corrected chi connectivity index (χ4v) is 8.03. The molecule has 2 unspecified atom stereocenters. The minimum absolute atomic E-state index is 0.0431. The van der Waals surface area contributed by atoms with E-state index in [9.17, 15) is 4.79 Å². The fourth-order valence-electron chi connectivity index (χ4n) is 8.03. The van der Waals surface area contributed by atoms with E-state index < -0.39 is 0 Å². The predicted molar refractivity (Wildman–Crippen MR) is 93.4 cm³/mol. The van der Waals surface area contributed by atoms with Crippen LogP contribution in [0.15, 0.2) is 0 Å². The summed E-state index contributed by atoms with van der Waals surface area (Å²) in [5.74, 6) is 3.07. The van der Waals surface area contributed by atoms with Crippen molar-refractivity contribution in [3.8, 4) is 0 Å². The van der Waals surface area contributed by atoms with Gasteiger partial charge < -0.3 is 5.32 Å². The molecule has 1 amide bonds. The molecule has 2 saturated heterocycles. The predicted octanol–water partition coefficient (Wildman–Crippen LogP) is 3.48. The molecule has 0 aromatic rings. The van der Waals surface area contributed by atoms with E-state index >= 15 is 0 Å². The molecule has 0 spiro atoms. The number of hydrogen-bond donors (Lipinski definition) is 1. The Morgan fingerprint density at radius 3 is 1.75 bits per heavy atom. The lowest BCUT2D eigenvalue weighted by Crippen LogP contribution is -2.57. The first kappa shape index (κ1) is 14.6. The van der Waals surface area contributed by atoms with Gasteiger partial charge in [0.2, 0.25) is 5.91 Å². The van der Waals surface area contributed by atoms with Crippen LogP contribution in [0, 0.1) is 23.2 Å².